The summed E-state index contributed by atoms with van der Waals surface area (Å²) >= 11 is 0. The Balaban J connectivity index is 4.15. The molecule has 0 aromatic carbocycles. The largest absolute Gasteiger partial charge is 0.447 e. The molecule has 0 radical (unpaired) electrons. The van der Waals surface area contributed by atoms with Gasteiger partial charge in [0.1, 0.15) is 6.10 Å². The predicted octanol–water partition coefficient (Wildman–Crippen LogP) is 6.86. The van der Waals surface area contributed by atoms with E-state index >= 15 is 0 Å². The average molecular weight is 362 g/mol. The van der Waals surface area contributed by atoms with Gasteiger partial charge in [-0.15, -0.1) is 5.73 Å². The van der Waals surface area contributed by atoms with E-state index in [1.165, 1.54) is 16.7 Å². The fraction of sp³-hybridized carbons (Fsp3) is 0.652. The highest BCUT2D eigenvalue weighted by Crippen LogP contribution is 2.09. The van der Waals surface area contributed by atoms with Gasteiger partial charge in [0.25, 0.3) is 0 Å². The summed E-state index contributed by atoms with van der Waals surface area (Å²) < 4.78 is 5.36. The van der Waals surface area contributed by atoms with Crippen LogP contribution >= 0.6 is 0 Å². The molecule has 1 N–H and O–H groups in total. The molecule has 0 saturated heterocycles. The van der Waals surface area contributed by atoms with Gasteiger partial charge in [-0.2, -0.15) is 0 Å². The molecule has 0 aromatic rings. The predicted molar refractivity (Wildman–Crippen MR) is 112 cm³/mol. The van der Waals surface area contributed by atoms with Gasteiger partial charge in [0.2, 0.25) is 0 Å². The number of nitrogens with one attached hydrogen (secondary N) is 1. The zero-order valence-electron chi connectivity index (χ0n) is 17.9. The third-order valence-corrected chi connectivity index (χ3v) is 4.20. The second kappa shape index (κ2) is 14.4. The number of hydrogen-bond donors (Lipinski definition) is 1. The first-order valence-corrected chi connectivity index (χ1v) is 9.91. The van der Waals surface area contributed by atoms with Gasteiger partial charge in [0.05, 0.1) is 0 Å². The highest BCUT2D eigenvalue weighted by atomic mass is 16.6. The van der Waals surface area contributed by atoms with E-state index in [0.717, 1.165) is 38.5 Å². The van der Waals surface area contributed by atoms with Crippen molar-refractivity contribution in [3.63, 3.8) is 0 Å². The number of allylic oxidation sites excluding steroid dienone is 5. The normalized spacial score (nSPS) is 13.3. The highest BCUT2D eigenvalue weighted by molar-refractivity contribution is 5.67. The Morgan fingerprint density at radius 3 is 2.42 bits per heavy atom. The summed E-state index contributed by atoms with van der Waals surface area (Å²) in [6.45, 7) is 14.5. The monoisotopic (exact) mass is 361 g/mol. The smallest absolute Gasteiger partial charge is 0.407 e. The van der Waals surface area contributed by atoms with Crippen molar-refractivity contribution >= 4 is 6.09 Å². The number of amides is 1. The van der Waals surface area contributed by atoms with Gasteiger partial charge in [-0.25, -0.2) is 4.79 Å². The van der Waals surface area contributed by atoms with Crippen LogP contribution in [0.15, 0.2) is 40.7 Å². The van der Waals surface area contributed by atoms with Crippen LogP contribution in [0.1, 0.15) is 87.0 Å². The molecule has 0 spiro atoms. The Hall–Kier alpha value is -1.73. The van der Waals surface area contributed by atoms with E-state index in [2.05, 4.69) is 57.0 Å². The standard InChI is InChI=1S/C23H39NO2/c1-8-21(6)24-23(25)26-22(7)17-11-16-20(5)15-10-14-19(4)13-9-12-18(2)3/h10,12,16,21-22H,8-9,11,13,15,17H2,1-7H3,(H,24,25). The molecule has 0 aliphatic rings. The lowest BCUT2D eigenvalue weighted by Crippen LogP contribution is -2.34. The fourth-order valence-electron chi connectivity index (χ4n) is 2.26. The number of alkyl carbamates (subject to hydrolysis) is 1. The number of carbonyl (C=O) groups excluding carboxylic acids is 1. The van der Waals surface area contributed by atoms with Gasteiger partial charge in [0.15, 0.2) is 0 Å². The highest BCUT2D eigenvalue weighted by Gasteiger charge is 2.10. The van der Waals surface area contributed by atoms with Gasteiger partial charge >= 0.3 is 6.09 Å². The molecule has 0 fully saturated rings. The van der Waals surface area contributed by atoms with Crippen LogP contribution in [-0.2, 0) is 4.74 Å². The molecule has 0 bridgehead atoms. The second-order valence-corrected chi connectivity index (χ2v) is 7.45. The molecule has 2 atom stereocenters. The molecule has 0 saturated carbocycles. The lowest BCUT2D eigenvalue weighted by molar-refractivity contribution is 0.0999. The van der Waals surface area contributed by atoms with Crippen molar-refractivity contribution in [2.24, 2.45) is 0 Å². The van der Waals surface area contributed by atoms with Gasteiger partial charge in [-0.1, -0.05) is 30.2 Å². The molecule has 148 valence electrons. The van der Waals surface area contributed by atoms with Crippen LogP contribution in [0.4, 0.5) is 4.79 Å². The third-order valence-electron chi connectivity index (χ3n) is 4.20. The first-order valence-electron chi connectivity index (χ1n) is 9.91. The van der Waals surface area contributed by atoms with Gasteiger partial charge < -0.3 is 10.1 Å². The Morgan fingerprint density at radius 2 is 1.81 bits per heavy atom. The fourth-order valence-corrected chi connectivity index (χ4v) is 2.26. The van der Waals surface area contributed by atoms with E-state index in [1.54, 1.807) is 0 Å². The Labute approximate surface area is 161 Å². The maximum absolute atomic E-state index is 11.7. The van der Waals surface area contributed by atoms with Crippen molar-refractivity contribution in [1.29, 1.82) is 0 Å². The molecule has 3 heteroatoms. The molecule has 0 aromatic heterocycles. The number of ether oxygens (including phenoxy) is 1. The van der Waals surface area contributed by atoms with Crippen molar-refractivity contribution in [3.8, 4) is 0 Å². The zero-order chi connectivity index (χ0) is 19.9. The van der Waals surface area contributed by atoms with Crippen LogP contribution in [0.5, 0.6) is 0 Å². The van der Waals surface area contributed by atoms with Crippen molar-refractivity contribution in [1.82, 2.24) is 5.32 Å². The van der Waals surface area contributed by atoms with Crippen LogP contribution in [0.25, 0.3) is 0 Å². The quantitative estimate of drug-likeness (QED) is 0.322. The van der Waals surface area contributed by atoms with Crippen molar-refractivity contribution in [2.45, 2.75) is 99.1 Å². The molecule has 0 aliphatic heterocycles. The van der Waals surface area contributed by atoms with E-state index < -0.39 is 0 Å². The summed E-state index contributed by atoms with van der Waals surface area (Å²) in [4.78, 5) is 11.7. The van der Waals surface area contributed by atoms with E-state index in [0.29, 0.717) is 0 Å². The molecule has 3 nitrogen and oxygen atoms in total. The van der Waals surface area contributed by atoms with Crippen LogP contribution in [0, 0.1) is 0 Å². The summed E-state index contributed by atoms with van der Waals surface area (Å²) in [5.41, 5.74) is 7.37. The SMILES string of the molecule is CCC(C)NC(=O)OC(C)CCC=C(C)CC=C=C(C)CCC=C(C)C. The van der Waals surface area contributed by atoms with E-state index in [4.69, 9.17) is 4.74 Å². The topological polar surface area (TPSA) is 38.3 Å². The van der Waals surface area contributed by atoms with Gasteiger partial charge in [-0.05, 0) is 91.7 Å². The molecule has 0 heterocycles. The molecule has 26 heavy (non-hydrogen) atoms. The summed E-state index contributed by atoms with van der Waals surface area (Å²) in [6.07, 6.45) is 12.0. The summed E-state index contributed by atoms with van der Waals surface area (Å²) in [6, 6.07) is 0.155. The van der Waals surface area contributed by atoms with E-state index in [1.807, 2.05) is 20.8 Å². The van der Waals surface area contributed by atoms with Crippen molar-refractivity contribution in [2.75, 3.05) is 0 Å². The summed E-state index contributed by atoms with van der Waals surface area (Å²) in [5, 5.41) is 2.82. The first-order chi connectivity index (χ1) is 12.2. The first kappa shape index (κ1) is 24.3. The Kier molecular flexibility index (Phi) is 13.5. The molecule has 2 unspecified atom stereocenters. The average Bonchev–Trinajstić information content (AvgIpc) is 2.54. The van der Waals surface area contributed by atoms with Gasteiger partial charge in [0, 0.05) is 6.04 Å². The van der Waals surface area contributed by atoms with Crippen LogP contribution < -0.4 is 5.32 Å². The number of hydrogen-bond acceptors (Lipinski definition) is 2. The third kappa shape index (κ3) is 14.6. The molecule has 1 amide bonds. The van der Waals surface area contributed by atoms with Crippen molar-refractivity contribution < 1.29 is 9.53 Å². The molecular formula is C23H39NO2. The number of rotatable bonds is 11. The van der Waals surface area contributed by atoms with Crippen molar-refractivity contribution in [3.05, 3.63) is 40.7 Å². The van der Waals surface area contributed by atoms with Crippen LogP contribution in [0.2, 0.25) is 0 Å². The minimum Gasteiger partial charge on any atom is -0.447 e. The minimum atomic E-state index is -0.316. The molecular weight excluding hydrogens is 322 g/mol. The Bertz CT molecular complexity index is 532. The summed E-state index contributed by atoms with van der Waals surface area (Å²) in [7, 11) is 0. The lowest BCUT2D eigenvalue weighted by Gasteiger charge is -2.16. The number of carbonyl (C=O) groups is 1. The second-order valence-electron chi connectivity index (χ2n) is 7.45. The lowest BCUT2D eigenvalue weighted by atomic mass is 10.1. The summed E-state index contributed by atoms with van der Waals surface area (Å²) in [5.74, 6) is 0. The maximum Gasteiger partial charge on any atom is 0.407 e. The molecule has 0 rings (SSSR count). The van der Waals surface area contributed by atoms with Crippen LogP contribution in [-0.4, -0.2) is 18.2 Å². The van der Waals surface area contributed by atoms with Crippen LogP contribution in [0.3, 0.4) is 0 Å². The minimum absolute atomic E-state index is 0.0733. The maximum atomic E-state index is 11.7. The molecule has 0 aliphatic carbocycles. The zero-order valence-corrected chi connectivity index (χ0v) is 17.9. The van der Waals surface area contributed by atoms with Gasteiger partial charge in [-0.3, -0.25) is 0 Å². The Morgan fingerprint density at radius 1 is 1.12 bits per heavy atom. The van der Waals surface area contributed by atoms with E-state index in [9.17, 15) is 4.79 Å². The van der Waals surface area contributed by atoms with E-state index in [-0.39, 0.29) is 18.2 Å².